The number of fused-ring (bicyclic) bond motifs is 1. The third-order valence-corrected chi connectivity index (χ3v) is 4.26. The molecule has 0 atom stereocenters. The lowest BCUT2D eigenvalue weighted by molar-refractivity contribution is -0.120. The third kappa shape index (κ3) is 3.64. The van der Waals surface area contributed by atoms with Gasteiger partial charge in [0, 0.05) is 42.1 Å². The summed E-state index contributed by atoms with van der Waals surface area (Å²) in [5.74, 6) is 0.445. The van der Waals surface area contributed by atoms with Crippen LogP contribution in [0.15, 0.2) is 65.8 Å². The van der Waals surface area contributed by atoms with Crippen molar-refractivity contribution in [3.05, 3.63) is 77.0 Å². The highest BCUT2D eigenvalue weighted by atomic mass is 16.1. The van der Waals surface area contributed by atoms with Crippen LogP contribution in [0, 0.1) is 0 Å². The minimum Gasteiger partial charge on any atom is -0.361 e. The van der Waals surface area contributed by atoms with Gasteiger partial charge < -0.3 is 10.3 Å². The Morgan fingerprint density at radius 1 is 1.15 bits per heavy atom. The van der Waals surface area contributed by atoms with E-state index in [9.17, 15) is 9.59 Å². The van der Waals surface area contributed by atoms with Gasteiger partial charge in [0.25, 0.3) is 5.56 Å². The van der Waals surface area contributed by atoms with Crippen molar-refractivity contribution >= 4 is 16.8 Å². The predicted octanol–water partition coefficient (Wildman–Crippen LogP) is 1.27. The first-order valence-electron chi connectivity index (χ1n) is 8.60. The zero-order valence-corrected chi connectivity index (χ0v) is 14.5. The fraction of sp³-hybridized carbons (Fsp3) is 0.158. The quantitative estimate of drug-likeness (QED) is 0.540. The molecule has 1 aromatic carbocycles. The molecule has 0 bridgehead atoms. The van der Waals surface area contributed by atoms with Crippen LogP contribution < -0.4 is 10.9 Å². The van der Waals surface area contributed by atoms with E-state index in [0.717, 1.165) is 16.5 Å². The van der Waals surface area contributed by atoms with Crippen molar-refractivity contribution in [1.29, 1.82) is 0 Å². The Morgan fingerprint density at radius 3 is 2.89 bits per heavy atom. The normalized spacial score (nSPS) is 11.0. The number of H-pyrrole nitrogens is 1. The molecular weight excluding hydrogens is 344 g/mol. The smallest absolute Gasteiger partial charge is 0.266 e. The van der Waals surface area contributed by atoms with Gasteiger partial charge >= 0.3 is 0 Å². The predicted molar refractivity (Wildman–Crippen MR) is 101 cm³/mol. The van der Waals surface area contributed by atoms with Crippen LogP contribution in [0.1, 0.15) is 5.56 Å². The van der Waals surface area contributed by atoms with Gasteiger partial charge in [0.15, 0.2) is 5.82 Å². The van der Waals surface area contributed by atoms with Crippen LogP contribution in [0.25, 0.3) is 16.7 Å². The number of carbonyl (C=O) groups is 1. The molecule has 136 valence electrons. The fourth-order valence-electron chi connectivity index (χ4n) is 2.94. The zero-order chi connectivity index (χ0) is 18.6. The number of nitrogens with one attached hydrogen (secondary N) is 2. The molecule has 8 nitrogen and oxygen atoms in total. The van der Waals surface area contributed by atoms with E-state index in [1.807, 2.05) is 30.5 Å². The molecule has 0 saturated heterocycles. The molecule has 0 aliphatic carbocycles. The standard InChI is InChI=1S/C19H18N6O2/c26-18(12-14-13-21-16-5-2-1-4-15(14)16)20-9-11-25-19(27)7-6-17(23-25)24-10-3-8-22-24/h1-8,10,13,21H,9,11-12H2,(H,20,26). The van der Waals surface area contributed by atoms with Crippen molar-refractivity contribution in [2.45, 2.75) is 13.0 Å². The molecule has 3 heterocycles. The minimum atomic E-state index is -0.225. The maximum atomic E-state index is 12.2. The molecule has 0 radical (unpaired) electrons. The summed E-state index contributed by atoms with van der Waals surface area (Å²) in [6.45, 7) is 0.601. The van der Waals surface area contributed by atoms with Crippen molar-refractivity contribution in [3.63, 3.8) is 0 Å². The molecule has 0 unspecified atom stereocenters. The number of nitrogens with zero attached hydrogens (tertiary/aromatic N) is 4. The van der Waals surface area contributed by atoms with Gasteiger partial charge in [0.2, 0.25) is 5.91 Å². The van der Waals surface area contributed by atoms with E-state index in [-0.39, 0.29) is 24.4 Å². The summed E-state index contributed by atoms with van der Waals surface area (Å²) >= 11 is 0. The fourth-order valence-corrected chi connectivity index (χ4v) is 2.94. The number of amides is 1. The number of carbonyl (C=O) groups excluding carboxylic acids is 1. The van der Waals surface area contributed by atoms with E-state index in [4.69, 9.17) is 0 Å². The molecule has 1 amide bonds. The first-order chi connectivity index (χ1) is 13.2. The maximum absolute atomic E-state index is 12.2. The highest BCUT2D eigenvalue weighted by molar-refractivity contribution is 5.88. The van der Waals surface area contributed by atoms with Crippen LogP contribution in [0.3, 0.4) is 0 Å². The van der Waals surface area contributed by atoms with E-state index >= 15 is 0 Å². The number of aromatic amines is 1. The lowest BCUT2D eigenvalue weighted by Crippen LogP contribution is -2.33. The molecule has 4 rings (SSSR count). The van der Waals surface area contributed by atoms with Crippen molar-refractivity contribution in [3.8, 4) is 5.82 Å². The molecule has 0 spiro atoms. The summed E-state index contributed by atoms with van der Waals surface area (Å²) in [4.78, 5) is 27.4. The molecule has 4 aromatic rings. The highest BCUT2D eigenvalue weighted by Crippen LogP contribution is 2.17. The van der Waals surface area contributed by atoms with Crippen LogP contribution in [0.4, 0.5) is 0 Å². The van der Waals surface area contributed by atoms with Crippen LogP contribution in [-0.2, 0) is 17.8 Å². The average Bonchev–Trinajstić information content (AvgIpc) is 3.34. The Kier molecular flexibility index (Phi) is 4.52. The van der Waals surface area contributed by atoms with E-state index < -0.39 is 0 Å². The molecule has 27 heavy (non-hydrogen) atoms. The van der Waals surface area contributed by atoms with Crippen LogP contribution >= 0.6 is 0 Å². The van der Waals surface area contributed by atoms with Gasteiger partial charge in [-0.25, -0.2) is 9.36 Å². The lowest BCUT2D eigenvalue weighted by Gasteiger charge is -2.08. The summed E-state index contributed by atoms with van der Waals surface area (Å²) in [6, 6.07) is 12.7. The zero-order valence-electron chi connectivity index (χ0n) is 14.5. The van der Waals surface area contributed by atoms with Crippen molar-refractivity contribution in [2.75, 3.05) is 6.54 Å². The molecule has 3 aromatic heterocycles. The Labute approximate surface area is 154 Å². The Morgan fingerprint density at radius 2 is 2.04 bits per heavy atom. The summed E-state index contributed by atoms with van der Waals surface area (Å²) in [5, 5.41) is 12.3. The summed E-state index contributed by atoms with van der Waals surface area (Å²) in [5.41, 5.74) is 1.72. The van der Waals surface area contributed by atoms with E-state index in [0.29, 0.717) is 12.4 Å². The van der Waals surface area contributed by atoms with E-state index in [2.05, 4.69) is 20.5 Å². The number of hydrogen-bond acceptors (Lipinski definition) is 4. The van der Waals surface area contributed by atoms with Crippen LogP contribution in [-0.4, -0.2) is 37.0 Å². The second-order valence-electron chi connectivity index (χ2n) is 6.09. The Bertz CT molecular complexity index is 1130. The molecule has 8 heteroatoms. The largest absolute Gasteiger partial charge is 0.361 e. The number of aromatic nitrogens is 5. The number of benzene rings is 1. The molecule has 0 aliphatic heterocycles. The topological polar surface area (TPSA) is 97.6 Å². The third-order valence-electron chi connectivity index (χ3n) is 4.26. The monoisotopic (exact) mass is 362 g/mol. The van der Waals surface area contributed by atoms with Gasteiger partial charge in [-0.05, 0) is 23.8 Å². The second-order valence-corrected chi connectivity index (χ2v) is 6.09. The van der Waals surface area contributed by atoms with Gasteiger partial charge in [-0.2, -0.15) is 5.10 Å². The summed E-state index contributed by atoms with van der Waals surface area (Å²) in [6.07, 6.45) is 5.52. The molecule has 0 aliphatic rings. The molecular formula is C19H18N6O2. The SMILES string of the molecule is O=C(Cc1c[nH]c2ccccc12)NCCn1nc(-n2cccn2)ccc1=O. The van der Waals surface area contributed by atoms with Gasteiger partial charge in [-0.3, -0.25) is 9.59 Å². The summed E-state index contributed by atoms with van der Waals surface area (Å²) < 4.78 is 2.90. The number of para-hydroxylation sites is 1. The Hall–Kier alpha value is -3.68. The second kappa shape index (κ2) is 7.28. The number of hydrogen-bond donors (Lipinski definition) is 2. The van der Waals surface area contributed by atoms with Crippen LogP contribution in [0.5, 0.6) is 0 Å². The lowest BCUT2D eigenvalue weighted by atomic mass is 10.1. The van der Waals surface area contributed by atoms with Crippen molar-refractivity contribution in [2.24, 2.45) is 0 Å². The van der Waals surface area contributed by atoms with Crippen molar-refractivity contribution < 1.29 is 4.79 Å². The highest BCUT2D eigenvalue weighted by Gasteiger charge is 2.09. The Balaban J connectivity index is 1.37. The van der Waals surface area contributed by atoms with Gasteiger partial charge in [0.05, 0.1) is 13.0 Å². The maximum Gasteiger partial charge on any atom is 0.266 e. The number of rotatable bonds is 6. The first-order valence-corrected chi connectivity index (χ1v) is 8.60. The van der Waals surface area contributed by atoms with Gasteiger partial charge in [-0.15, -0.1) is 5.10 Å². The molecule has 2 N–H and O–H groups in total. The van der Waals surface area contributed by atoms with Crippen molar-refractivity contribution in [1.82, 2.24) is 29.9 Å². The van der Waals surface area contributed by atoms with E-state index in [1.54, 1.807) is 29.2 Å². The summed E-state index contributed by atoms with van der Waals surface area (Å²) in [7, 11) is 0. The van der Waals surface area contributed by atoms with Crippen LogP contribution in [0.2, 0.25) is 0 Å². The molecule has 0 fully saturated rings. The van der Waals surface area contributed by atoms with E-state index in [1.165, 1.54) is 10.7 Å². The minimum absolute atomic E-state index is 0.101. The van der Waals surface area contributed by atoms with Gasteiger partial charge in [-0.1, -0.05) is 18.2 Å². The molecule has 0 saturated carbocycles. The van der Waals surface area contributed by atoms with Gasteiger partial charge in [0.1, 0.15) is 0 Å². The average molecular weight is 362 g/mol. The first kappa shape index (κ1) is 16.8.